The second-order valence-corrected chi connectivity index (χ2v) is 3.92. The summed E-state index contributed by atoms with van der Waals surface area (Å²) < 4.78 is 12.8. The van der Waals surface area contributed by atoms with Crippen LogP contribution in [0.2, 0.25) is 0 Å². The summed E-state index contributed by atoms with van der Waals surface area (Å²) in [5.74, 6) is -0.995. The standard InChI is InChI=1S/C11H12FN3O2/c1-15-10(16)5-9(11(15)17)14-8-3-2-6(12)4-7(8)13/h2-4,9,14H,5,13H2,1H3. The number of carbonyl (C=O) groups excluding carboxylic acids is 2. The van der Waals surface area contributed by atoms with E-state index in [9.17, 15) is 14.0 Å². The fourth-order valence-corrected chi connectivity index (χ4v) is 1.72. The molecule has 90 valence electrons. The van der Waals surface area contributed by atoms with E-state index in [2.05, 4.69) is 5.32 Å². The molecule has 1 aromatic rings. The molecule has 0 aromatic heterocycles. The molecular formula is C11H12FN3O2. The first-order valence-corrected chi connectivity index (χ1v) is 5.11. The van der Waals surface area contributed by atoms with E-state index in [1.165, 1.54) is 19.2 Å². The summed E-state index contributed by atoms with van der Waals surface area (Å²) >= 11 is 0. The van der Waals surface area contributed by atoms with Gasteiger partial charge >= 0.3 is 0 Å². The summed E-state index contributed by atoms with van der Waals surface area (Å²) in [4.78, 5) is 24.0. The molecule has 1 atom stereocenters. The first-order valence-electron chi connectivity index (χ1n) is 5.11. The number of amides is 2. The van der Waals surface area contributed by atoms with Crippen LogP contribution in [0.4, 0.5) is 15.8 Å². The lowest BCUT2D eigenvalue weighted by molar-refractivity contribution is -0.136. The van der Waals surface area contributed by atoms with Crippen molar-refractivity contribution >= 4 is 23.2 Å². The fourth-order valence-electron chi connectivity index (χ4n) is 1.72. The molecule has 1 heterocycles. The monoisotopic (exact) mass is 237 g/mol. The van der Waals surface area contributed by atoms with Crippen LogP contribution in [-0.4, -0.2) is 29.8 Å². The Morgan fingerprint density at radius 3 is 2.71 bits per heavy atom. The SMILES string of the molecule is CN1C(=O)CC(Nc2ccc(F)cc2N)C1=O. The molecule has 2 rings (SSSR count). The highest BCUT2D eigenvalue weighted by Gasteiger charge is 2.36. The lowest BCUT2D eigenvalue weighted by atomic mass is 10.2. The normalized spacial score (nSPS) is 19.9. The molecule has 5 nitrogen and oxygen atoms in total. The molecule has 1 saturated heterocycles. The number of anilines is 2. The molecule has 2 amide bonds. The van der Waals surface area contributed by atoms with Gasteiger partial charge in [0.05, 0.1) is 17.8 Å². The molecule has 1 unspecified atom stereocenters. The van der Waals surface area contributed by atoms with Crippen LogP contribution in [0.5, 0.6) is 0 Å². The van der Waals surface area contributed by atoms with E-state index in [0.717, 1.165) is 11.0 Å². The second kappa shape index (κ2) is 4.04. The van der Waals surface area contributed by atoms with Crippen molar-refractivity contribution in [3.63, 3.8) is 0 Å². The molecular weight excluding hydrogens is 225 g/mol. The Balaban J connectivity index is 2.17. The number of nitrogens with zero attached hydrogens (tertiary/aromatic N) is 1. The summed E-state index contributed by atoms with van der Waals surface area (Å²) in [7, 11) is 1.43. The van der Waals surface area contributed by atoms with E-state index < -0.39 is 11.9 Å². The van der Waals surface area contributed by atoms with Crippen molar-refractivity contribution in [1.29, 1.82) is 0 Å². The third-order valence-electron chi connectivity index (χ3n) is 2.72. The number of carbonyl (C=O) groups is 2. The zero-order chi connectivity index (χ0) is 12.6. The lowest BCUT2D eigenvalue weighted by Gasteiger charge is -2.14. The molecule has 0 spiro atoms. The molecule has 0 radical (unpaired) electrons. The van der Waals surface area contributed by atoms with Gasteiger partial charge in [0.15, 0.2) is 0 Å². The second-order valence-electron chi connectivity index (χ2n) is 3.92. The van der Waals surface area contributed by atoms with Crippen LogP contribution >= 0.6 is 0 Å². The summed E-state index contributed by atoms with van der Waals surface area (Å²) in [5.41, 5.74) is 6.26. The molecule has 1 aliphatic rings. The van der Waals surface area contributed by atoms with Crippen LogP contribution in [0.15, 0.2) is 18.2 Å². The van der Waals surface area contributed by atoms with E-state index in [-0.39, 0.29) is 23.9 Å². The largest absolute Gasteiger partial charge is 0.397 e. The maximum absolute atomic E-state index is 12.8. The van der Waals surface area contributed by atoms with Gasteiger partial charge in [0, 0.05) is 7.05 Å². The number of nitrogens with one attached hydrogen (secondary N) is 1. The number of benzene rings is 1. The van der Waals surface area contributed by atoms with Crippen molar-refractivity contribution in [2.75, 3.05) is 18.1 Å². The minimum Gasteiger partial charge on any atom is -0.397 e. The maximum Gasteiger partial charge on any atom is 0.251 e. The van der Waals surface area contributed by atoms with Crippen molar-refractivity contribution in [1.82, 2.24) is 4.90 Å². The number of hydrogen-bond donors (Lipinski definition) is 2. The first-order chi connectivity index (χ1) is 7.99. The lowest BCUT2D eigenvalue weighted by Crippen LogP contribution is -2.32. The van der Waals surface area contributed by atoms with Crippen LogP contribution in [0.3, 0.4) is 0 Å². The summed E-state index contributed by atoms with van der Waals surface area (Å²) in [6, 6.07) is 3.22. The smallest absolute Gasteiger partial charge is 0.251 e. The Labute approximate surface area is 97.4 Å². The Morgan fingerprint density at radius 2 is 2.18 bits per heavy atom. The van der Waals surface area contributed by atoms with Crippen LogP contribution in [-0.2, 0) is 9.59 Å². The molecule has 0 aliphatic carbocycles. The molecule has 1 aromatic carbocycles. The number of rotatable bonds is 2. The average Bonchev–Trinajstić information content (AvgIpc) is 2.50. The molecule has 1 aliphatic heterocycles. The molecule has 0 bridgehead atoms. The number of nitrogen functional groups attached to an aromatic ring is 1. The Bertz CT molecular complexity index is 490. The Kier molecular flexibility index (Phi) is 2.71. The van der Waals surface area contributed by atoms with Crippen molar-refractivity contribution in [3.05, 3.63) is 24.0 Å². The molecule has 3 N–H and O–H groups in total. The third-order valence-corrected chi connectivity index (χ3v) is 2.72. The fraction of sp³-hybridized carbons (Fsp3) is 0.273. The highest BCUT2D eigenvalue weighted by molar-refractivity contribution is 6.06. The topological polar surface area (TPSA) is 75.4 Å². The van der Waals surface area contributed by atoms with Crippen molar-refractivity contribution in [2.45, 2.75) is 12.5 Å². The van der Waals surface area contributed by atoms with Crippen molar-refractivity contribution in [3.8, 4) is 0 Å². The van der Waals surface area contributed by atoms with Gasteiger partial charge in [-0.2, -0.15) is 0 Å². The summed E-state index contributed by atoms with van der Waals surface area (Å²) in [5, 5.41) is 2.84. The minimum atomic E-state index is -0.625. The number of hydrogen-bond acceptors (Lipinski definition) is 4. The van der Waals surface area contributed by atoms with E-state index in [4.69, 9.17) is 5.73 Å². The highest BCUT2D eigenvalue weighted by atomic mass is 19.1. The van der Waals surface area contributed by atoms with Gasteiger partial charge in [0.2, 0.25) is 5.91 Å². The average molecular weight is 237 g/mol. The van der Waals surface area contributed by atoms with Gasteiger partial charge in [0.25, 0.3) is 5.91 Å². The van der Waals surface area contributed by atoms with Crippen molar-refractivity contribution in [2.24, 2.45) is 0 Å². The molecule has 0 saturated carbocycles. The van der Waals surface area contributed by atoms with E-state index in [1.54, 1.807) is 0 Å². The number of halogens is 1. The zero-order valence-electron chi connectivity index (χ0n) is 9.24. The molecule has 6 heteroatoms. The van der Waals surface area contributed by atoms with Gasteiger partial charge in [-0.15, -0.1) is 0 Å². The van der Waals surface area contributed by atoms with Crippen molar-refractivity contribution < 1.29 is 14.0 Å². The van der Waals surface area contributed by atoms with Crippen LogP contribution in [0.25, 0.3) is 0 Å². The van der Waals surface area contributed by atoms with E-state index in [1.807, 2.05) is 0 Å². The minimum absolute atomic E-state index is 0.0894. The van der Waals surface area contributed by atoms with Crippen LogP contribution in [0.1, 0.15) is 6.42 Å². The van der Waals surface area contributed by atoms with Gasteiger partial charge < -0.3 is 11.1 Å². The Morgan fingerprint density at radius 1 is 1.47 bits per heavy atom. The summed E-state index contributed by atoms with van der Waals surface area (Å²) in [6.07, 6.45) is 0.0894. The third kappa shape index (κ3) is 2.06. The maximum atomic E-state index is 12.8. The summed E-state index contributed by atoms with van der Waals surface area (Å²) in [6.45, 7) is 0. The highest BCUT2D eigenvalue weighted by Crippen LogP contribution is 2.23. The van der Waals surface area contributed by atoms with E-state index >= 15 is 0 Å². The van der Waals surface area contributed by atoms with Gasteiger partial charge in [-0.3, -0.25) is 14.5 Å². The molecule has 1 fully saturated rings. The number of nitrogens with two attached hydrogens (primary N) is 1. The van der Waals surface area contributed by atoms with Gasteiger partial charge in [-0.25, -0.2) is 4.39 Å². The zero-order valence-corrected chi connectivity index (χ0v) is 9.24. The number of likely N-dealkylation sites (tertiary alicyclic amines) is 1. The van der Waals surface area contributed by atoms with Gasteiger partial charge in [-0.05, 0) is 18.2 Å². The predicted octanol–water partition coefficient (Wildman–Crippen LogP) is 0.577. The predicted molar refractivity (Wildman–Crippen MR) is 60.6 cm³/mol. The molecule has 17 heavy (non-hydrogen) atoms. The van der Waals surface area contributed by atoms with E-state index in [0.29, 0.717) is 5.69 Å². The number of likely N-dealkylation sites (N-methyl/N-ethyl adjacent to an activating group) is 1. The number of imide groups is 1. The van der Waals surface area contributed by atoms with Crippen LogP contribution in [0, 0.1) is 5.82 Å². The van der Waals surface area contributed by atoms with Gasteiger partial charge in [0.1, 0.15) is 11.9 Å². The van der Waals surface area contributed by atoms with Crippen LogP contribution < -0.4 is 11.1 Å². The van der Waals surface area contributed by atoms with Gasteiger partial charge in [-0.1, -0.05) is 0 Å². The Hall–Kier alpha value is -2.11. The quantitative estimate of drug-likeness (QED) is 0.582. The first kappa shape index (κ1) is 11.4.